The fraction of sp³-hybridized carbons (Fsp3) is 0.125. The van der Waals surface area contributed by atoms with Gasteiger partial charge in [0.25, 0.3) is 0 Å². The molecule has 0 aliphatic rings. The molecule has 4 N–H and O–H groups in total. The highest BCUT2D eigenvalue weighted by Crippen LogP contribution is 2.05. The summed E-state index contributed by atoms with van der Waals surface area (Å²) < 4.78 is 0. The van der Waals surface area contributed by atoms with Crippen molar-refractivity contribution >= 4 is 11.6 Å². The van der Waals surface area contributed by atoms with Gasteiger partial charge in [0.05, 0.1) is 18.6 Å². The maximum Gasteiger partial charge on any atom is 0.131 e. The number of aromatic nitrogens is 4. The van der Waals surface area contributed by atoms with Gasteiger partial charge in [-0.1, -0.05) is 0 Å². The van der Waals surface area contributed by atoms with E-state index in [1.807, 2.05) is 0 Å². The topological polar surface area (TPSA) is 92.5 Å². The van der Waals surface area contributed by atoms with Crippen LogP contribution in [0.3, 0.4) is 0 Å². The Balaban J connectivity index is 1.98. The lowest BCUT2D eigenvalue weighted by molar-refractivity contribution is 1.04. The number of nitrogens with zero attached hydrogens (tertiary/aromatic N) is 3. The minimum atomic E-state index is 0.451. The van der Waals surface area contributed by atoms with E-state index in [0.29, 0.717) is 18.2 Å². The Hall–Kier alpha value is -2.11. The molecule has 2 aromatic rings. The number of aromatic amines is 1. The van der Waals surface area contributed by atoms with Gasteiger partial charge in [0.1, 0.15) is 18.0 Å². The molecule has 0 unspecified atom stereocenters. The molecule has 0 aliphatic carbocycles. The van der Waals surface area contributed by atoms with Crippen molar-refractivity contribution in [3.05, 3.63) is 30.6 Å². The summed E-state index contributed by atoms with van der Waals surface area (Å²) in [6.45, 7) is 0.635. The molecule has 0 saturated carbocycles. The number of imidazole rings is 1. The summed E-state index contributed by atoms with van der Waals surface area (Å²) in [4.78, 5) is 14.7. The third-order valence-corrected chi connectivity index (χ3v) is 1.70. The molecule has 0 amide bonds. The van der Waals surface area contributed by atoms with Crippen molar-refractivity contribution in [1.29, 1.82) is 0 Å². The Morgan fingerprint density at radius 2 is 2.36 bits per heavy atom. The zero-order chi connectivity index (χ0) is 9.80. The van der Waals surface area contributed by atoms with Gasteiger partial charge in [0, 0.05) is 12.3 Å². The summed E-state index contributed by atoms with van der Waals surface area (Å²) in [7, 11) is 0. The molecule has 0 atom stereocenters. The molecule has 2 rings (SSSR count). The standard InChI is InChI=1S/C8H10N6/c9-7-1-8(14-5-13-7)11-3-6-2-10-4-12-6/h1-2,4-5H,3H2,(H,10,12)(H3,9,11,13,14). The van der Waals surface area contributed by atoms with Crippen LogP contribution >= 0.6 is 0 Å². The largest absolute Gasteiger partial charge is 0.384 e. The molecule has 2 aromatic heterocycles. The monoisotopic (exact) mass is 190 g/mol. The molecule has 2 heterocycles. The molecular formula is C8H10N6. The molecule has 0 saturated heterocycles. The van der Waals surface area contributed by atoms with E-state index in [1.165, 1.54) is 6.33 Å². The normalized spacial score (nSPS) is 10.0. The van der Waals surface area contributed by atoms with Crippen molar-refractivity contribution in [3.63, 3.8) is 0 Å². The zero-order valence-electron chi connectivity index (χ0n) is 7.44. The van der Waals surface area contributed by atoms with Gasteiger partial charge in [0.2, 0.25) is 0 Å². The summed E-state index contributed by atoms with van der Waals surface area (Å²) in [6, 6.07) is 1.68. The van der Waals surface area contributed by atoms with Crippen LogP contribution in [0.2, 0.25) is 0 Å². The van der Waals surface area contributed by atoms with Crippen LogP contribution in [0.5, 0.6) is 0 Å². The summed E-state index contributed by atoms with van der Waals surface area (Å²) >= 11 is 0. The molecule has 0 radical (unpaired) electrons. The lowest BCUT2D eigenvalue weighted by Crippen LogP contribution is -2.02. The highest BCUT2D eigenvalue weighted by molar-refractivity contribution is 5.43. The predicted octanol–water partition coefficient (Wildman–Crippen LogP) is 0.394. The van der Waals surface area contributed by atoms with Crippen LogP contribution < -0.4 is 11.1 Å². The van der Waals surface area contributed by atoms with E-state index >= 15 is 0 Å². The van der Waals surface area contributed by atoms with Crippen molar-refractivity contribution in [2.75, 3.05) is 11.1 Å². The number of nitrogens with one attached hydrogen (secondary N) is 2. The van der Waals surface area contributed by atoms with Crippen molar-refractivity contribution in [2.45, 2.75) is 6.54 Å². The number of hydrogen-bond acceptors (Lipinski definition) is 5. The minimum Gasteiger partial charge on any atom is -0.384 e. The first-order valence-electron chi connectivity index (χ1n) is 4.13. The second-order valence-corrected chi connectivity index (χ2v) is 2.76. The summed E-state index contributed by atoms with van der Waals surface area (Å²) in [5.41, 5.74) is 6.48. The average molecular weight is 190 g/mol. The highest BCUT2D eigenvalue weighted by atomic mass is 15.0. The van der Waals surface area contributed by atoms with Gasteiger partial charge in [-0.3, -0.25) is 0 Å². The number of nitrogens with two attached hydrogens (primary N) is 1. The van der Waals surface area contributed by atoms with Gasteiger partial charge in [-0.2, -0.15) is 0 Å². The summed E-state index contributed by atoms with van der Waals surface area (Å²) in [5, 5.41) is 3.09. The van der Waals surface area contributed by atoms with Gasteiger partial charge in [0.15, 0.2) is 0 Å². The lowest BCUT2D eigenvalue weighted by atomic mass is 10.4. The van der Waals surface area contributed by atoms with Crippen LogP contribution in [0.1, 0.15) is 5.69 Å². The first-order valence-corrected chi connectivity index (χ1v) is 4.13. The van der Waals surface area contributed by atoms with E-state index in [9.17, 15) is 0 Å². The van der Waals surface area contributed by atoms with Crippen LogP contribution in [0.25, 0.3) is 0 Å². The van der Waals surface area contributed by atoms with Crippen LogP contribution in [0, 0.1) is 0 Å². The SMILES string of the molecule is Nc1cc(NCc2cnc[nH]2)ncn1. The Labute approximate surface area is 80.6 Å². The zero-order valence-corrected chi connectivity index (χ0v) is 7.44. The van der Waals surface area contributed by atoms with Crippen LogP contribution in [0.15, 0.2) is 24.9 Å². The van der Waals surface area contributed by atoms with Crippen LogP contribution in [0.4, 0.5) is 11.6 Å². The molecule has 0 bridgehead atoms. The molecule has 6 heteroatoms. The second-order valence-electron chi connectivity index (χ2n) is 2.76. The molecule has 0 fully saturated rings. The second kappa shape index (κ2) is 3.73. The van der Waals surface area contributed by atoms with E-state index in [-0.39, 0.29) is 0 Å². The molecule has 0 aromatic carbocycles. The van der Waals surface area contributed by atoms with Crippen molar-refractivity contribution in [2.24, 2.45) is 0 Å². The van der Waals surface area contributed by atoms with E-state index in [0.717, 1.165) is 5.69 Å². The Bertz CT molecular complexity index is 396. The van der Waals surface area contributed by atoms with Gasteiger partial charge < -0.3 is 16.0 Å². The maximum atomic E-state index is 5.50. The number of H-pyrrole nitrogens is 1. The third kappa shape index (κ3) is 1.98. The minimum absolute atomic E-state index is 0.451. The lowest BCUT2D eigenvalue weighted by Gasteiger charge is -2.02. The number of nitrogen functional groups attached to an aromatic ring is 1. The molecule has 6 nitrogen and oxygen atoms in total. The quantitative estimate of drug-likeness (QED) is 0.651. The maximum absolute atomic E-state index is 5.50. The number of hydrogen-bond donors (Lipinski definition) is 3. The predicted molar refractivity (Wildman–Crippen MR) is 52.4 cm³/mol. The Morgan fingerprint density at radius 3 is 3.07 bits per heavy atom. The molecule has 14 heavy (non-hydrogen) atoms. The highest BCUT2D eigenvalue weighted by Gasteiger charge is 1.96. The number of rotatable bonds is 3. The van der Waals surface area contributed by atoms with E-state index < -0.39 is 0 Å². The van der Waals surface area contributed by atoms with Gasteiger partial charge in [-0.15, -0.1) is 0 Å². The molecule has 72 valence electrons. The average Bonchev–Trinajstić information content (AvgIpc) is 2.67. The van der Waals surface area contributed by atoms with E-state index in [4.69, 9.17) is 5.73 Å². The van der Waals surface area contributed by atoms with E-state index in [2.05, 4.69) is 25.3 Å². The fourth-order valence-corrected chi connectivity index (χ4v) is 1.04. The smallest absolute Gasteiger partial charge is 0.131 e. The first-order chi connectivity index (χ1) is 6.84. The van der Waals surface area contributed by atoms with Crippen LogP contribution in [-0.4, -0.2) is 19.9 Å². The van der Waals surface area contributed by atoms with E-state index in [1.54, 1.807) is 18.6 Å². The van der Waals surface area contributed by atoms with Gasteiger partial charge in [-0.25, -0.2) is 15.0 Å². The fourth-order valence-electron chi connectivity index (χ4n) is 1.04. The molecule has 0 spiro atoms. The first kappa shape index (κ1) is 8.49. The van der Waals surface area contributed by atoms with Gasteiger partial charge in [-0.05, 0) is 0 Å². The summed E-state index contributed by atoms with van der Waals surface area (Å²) in [6.07, 6.45) is 4.80. The molecular weight excluding hydrogens is 180 g/mol. The third-order valence-electron chi connectivity index (χ3n) is 1.70. The number of anilines is 2. The molecule has 0 aliphatic heterocycles. The Morgan fingerprint density at radius 1 is 1.43 bits per heavy atom. The van der Waals surface area contributed by atoms with Crippen molar-refractivity contribution in [3.8, 4) is 0 Å². The Kier molecular flexibility index (Phi) is 2.26. The van der Waals surface area contributed by atoms with Gasteiger partial charge >= 0.3 is 0 Å². The van der Waals surface area contributed by atoms with Crippen molar-refractivity contribution < 1.29 is 0 Å². The van der Waals surface area contributed by atoms with Crippen LogP contribution in [-0.2, 0) is 6.54 Å². The summed E-state index contributed by atoms with van der Waals surface area (Å²) in [5.74, 6) is 1.15. The van der Waals surface area contributed by atoms with Crippen molar-refractivity contribution in [1.82, 2.24) is 19.9 Å².